The van der Waals surface area contributed by atoms with Crippen molar-refractivity contribution in [1.29, 1.82) is 0 Å². The van der Waals surface area contributed by atoms with Crippen molar-refractivity contribution in [1.82, 2.24) is 25.3 Å². The molecule has 1 aromatic carbocycles. The maximum atomic E-state index is 13.3. The van der Waals surface area contributed by atoms with E-state index in [0.29, 0.717) is 48.6 Å². The Bertz CT molecular complexity index is 1210. The molecule has 3 amide bonds. The van der Waals surface area contributed by atoms with Gasteiger partial charge < -0.3 is 24.4 Å². The predicted octanol–water partition coefficient (Wildman–Crippen LogP) is 3.67. The minimum Gasteiger partial charge on any atom is -0.447 e. The van der Waals surface area contributed by atoms with Gasteiger partial charge in [-0.15, -0.1) is 11.3 Å². The number of urea groups is 1. The van der Waals surface area contributed by atoms with Crippen molar-refractivity contribution in [3.05, 3.63) is 40.7 Å². The number of piperazine rings is 1. The fourth-order valence-electron chi connectivity index (χ4n) is 3.83. The van der Waals surface area contributed by atoms with Crippen molar-refractivity contribution < 1.29 is 23.2 Å². The summed E-state index contributed by atoms with van der Waals surface area (Å²) in [5, 5.41) is 9.75. The summed E-state index contributed by atoms with van der Waals surface area (Å²) >= 11 is 1.37. The number of ether oxygens (including phenoxy) is 1. The molecule has 3 aromatic rings. The highest BCUT2D eigenvalue weighted by atomic mass is 32.1. The van der Waals surface area contributed by atoms with E-state index in [4.69, 9.17) is 9.26 Å². The SMILES string of the molecule is CNC(=O)Nc1nc(CC2CN(C(=O)OC(C)C)CCN2c2nc(-c3ccc(F)cc3)no2)c(C)s1. The number of thiazole rings is 1. The molecule has 0 bridgehead atoms. The lowest BCUT2D eigenvalue weighted by Crippen LogP contribution is -2.56. The first-order chi connectivity index (χ1) is 17.2. The highest BCUT2D eigenvalue weighted by Gasteiger charge is 2.34. The second kappa shape index (κ2) is 10.9. The molecule has 1 fully saturated rings. The van der Waals surface area contributed by atoms with Crippen molar-refractivity contribution in [2.24, 2.45) is 0 Å². The molecule has 0 spiro atoms. The lowest BCUT2D eigenvalue weighted by molar-refractivity contribution is 0.0700. The van der Waals surface area contributed by atoms with E-state index in [1.807, 2.05) is 11.8 Å². The monoisotopic (exact) mass is 517 g/mol. The zero-order chi connectivity index (χ0) is 25.8. The third kappa shape index (κ3) is 5.90. The largest absolute Gasteiger partial charge is 0.447 e. The summed E-state index contributed by atoms with van der Waals surface area (Å²) in [6.07, 6.45) is -0.149. The summed E-state index contributed by atoms with van der Waals surface area (Å²) in [6, 6.07) is 5.55. The Morgan fingerprint density at radius 3 is 2.69 bits per heavy atom. The topological polar surface area (TPSA) is 126 Å². The van der Waals surface area contributed by atoms with Gasteiger partial charge in [0.05, 0.1) is 17.8 Å². The second-order valence-electron chi connectivity index (χ2n) is 8.56. The van der Waals surface area contributed by atoms with E-state index in [-0.39, 0.29) is 30.1 Å². The molecule has 1 aliphatic heterocycles. The van der Waals surface area contributed by atoms with Crippen LogP contribution in [-0.4, -0.2) is 71.0 Å². The average molecular weight is 518 g/mol. The van der Waals surface area contributed by atoms with Gasteiger partial charge in [0, 0.05) is 43.5 Å². The smallest absolute Gasteiger partial charge is 0.410 e. The summed E-state index contributed by atoms with van der Waals surface area (Å²) in [4.78, 5) is 38.0. The van der Waals surface area contributed by atoms with Gasteiger partial charge in [0.25, 0.3) is 0 Å². The number of nitrogens with zero attached hydrogens (tertiary/aromatic N) is 5. The number of benzene rings is 1. The molecule has 2 aromatic heterocycles. The number of anilines is 2. The Labute approximate surface area is 211 Å². The van der Waals surface area contributed by atoms with E-state index in [0.717, 1.165) is 10.6 Å². The lowest BCUT2D eigenvalue weighted by atomic mass is 10.1. The lowest BCUT2D eigenvalue weighted by Gasteiger charge is -2.40. The zero-order valence-electron chi connectivity index (χ0n) is 20.4. The van der Waals surface area contributed by atoms with Gasteiger partial charge in [-0.1, -0.05) is 5.16 Å². The van der Waals surface area contributed by atoms with Gasteiger partial charge in [0.2, 0.25) is 5.82 Å². The molecule has 4 rings (SSSR count). The van der Waals surface area contributed by atoms with Crippen LogP contribution in [0.15, 0.2) is 28.8 Å². The normalized spacial score (nSPS) is 15.8. The van der Waals surface area contributed by atoms with Gasteiger partial charge in [-0.05, 0) is 45.0 Å². The maximum Gasteiger partial charge on any atom is 0.410 e. The van der Waals surface area contributed by atoms with Crippen LogP contribution in [0.4, 0.5) is 25.1 Å². The molecule has 1 unspecified atom stereocenters. The number of aromatic nitrogens is 3. The molecule has 1 saturated heterocycles. The van der Waals surface area contributed by atoms with Gasteiger partial charge in [0.1, 0.15) is 5.82 Å². The fourth-order valence-corrected chi connectivity index (χ4v) is 4.66. The Kier molecular flexibility index (Phi) is 7.67. The Morgan fingerprint density at radius 1 is 1.25 bits per heavy atom. The number of amides is 3. The van der Waals surface area contributed by atoms with Crippen LogP contribution >= 0.6 is 11.3 Å². The number of aryl methyl sites for hydroxylation is 1. The predicted molar refractivity (Wildman–Crippen MR) is 133 cm³/mol. The number of nitrogens with one attached hydrogen (secondary N) is 2. The molecule has 2 N–H and O–H groups in total. The van der Waals surface area contributed by atoms with Gasteiger partial charge in [0.15, 0.2) is 5.13 Å². The van der Waals surface area contributed by atoms with Crippen LogP contribution < -0.4 is 15.5 Å². The molecule has 11 nitrogen and oxygen atoms in total. The van der Waals surface area contributed by atoms with Crippen LogP contribution in [-0.2, 0) is 11.2 Å². The third-order valence-electron chi connectivity index (χ3n) is 5.61. The Balaban J connectivity index is 1.58. The molecule has 0 aliphatic carbocycles. The van der Waals surface area contributed by atoms with Crippen LogP contribution in [0.1, 0.15) is 24.4 Å². The van der Waals surface area contributed by atoms with Gasteiger partial charge in [-0.3, -0.25) is 5.32 Å². The minimum atomic E-state index is -0.385. The first-order valence-corrected chi connectivity index (χ1v) is 12.3. The highest BCUT2D eigenvalue weighted by Crippen LogP contribution is 2.28. The van der Waals surface area contributed by atoms with E-state index in [1.54, 1.807) is 30.9 Å². The molecule has 1 aliphatic rings. The summed E-state index contributed by atoms with van der Waals surface area (Å²) < 4.78 is 24.3. The van der Waals surface area contributed by atoms with E-state index < -0.39 is 0 Å². The van der Waals surface area contributed by atoms with Crippen LogP contribution in [0, 0.1) is 12.7 Å². The van der Waals surface area contributed by atoms with Crippen LogP contribution in [0.25, 0.3) is 11.4 Å². The molecular weight excluding hydrogens is 489 g/mol. The zero-order valence-corrected chi connectivity index (χ0v) is 21.3. The standard InChI is InChI=1S/C23H28FN7O4S/c1-13(2)34-23(33)30-9-10-31(22-27-19(29-35-22)15-5-7-16(24)8-6-15)17(12-30)11-18-14(3)36-21(26-18)28-20(32)25-4/h5-8,13,17H,9-12H2,1-4H3,(H2,25,26,28,32). The fraction of sp³-hybridized carbons (Fsp3) is 0.435. The summed E-state index contributed by atoms with van der Waals surface area (Å²) in [6.45, 7) is 6.75. The highest BCUT2D eigenvalue weighted by molar-refractivity contribution is 7.15. The van der Waals surface area contributed by atoms with Crippen molar-refractivity contribution >= 4 is 34.6 Å². The molecule has 0 saturated carbocycles. The van der Waals surface area contributed by atoms with Crippen LogP contribution in [0.5, 0.6) is 0 Å². The number of carbonyl (C=O) groups is 2. The van der Waals surface area contributed by atoms with Gasteiger partial charge >= 0.3 is 18.1 Å². The van der Waals surface area contributed by atoms with E-state index in [1.165, 1.54) is 30.5 Å². The molecule has 13 heteroatoms. The second-order valence-corrected chi connectivity index (χ2v) is 9.77. The van der Waals surface area contributed by atoms with E-state index in [9.17, 15) is 14.0 Å². The summed E-state index contributed by atoms with van der Waals surface area (Å²) in [7, 11) is 1.53. The molecule has 1 atom stereocenters. The van der Waals surface area contributed by atoms with Gasteiger partial charge in [-0.25, -0.2) is 19.0 Å². The van der Waals surface area contributed by atoms with Gasteiger partial charge in [-0.2, -0.15) is 4.98 Å². The first-order valence-electron chi connectivity index (χ1n) is 11.5. The first kappa shape index (κ1) is 25.4. The molecular formula is C23H28FN7O4S. The minimum absolute atomic E-state index is 0.234. The number of hydrogen-bond acceptors (Lipinski definition) is 9. The number of carbonyl (C=O) groups excluding carboxylic acids is 2. The van der Waals surface area contributed by atoms with Crippen molar-refractivity contribution in [3.8, 4) is 11.4 Å². The number of rotatable bonds is 6. The van der Waals surface area contributed by atoms with Crippen molar-refractivity contribution in [2.75, 3.05) is 36.9 Å². The van der Waals surface area contributed by atoms with E-state index >= 15 is 0 Å². The number of hydrogen-bond donors (Lipinski definition) is 2. The summed E-state index contributed by atoms with van der Waals surface area (Å²) in [5.41, 5.74) is 1.42. The molecule has 192 valence electrons. The third-order valence-corrected chi connectivity index (χ3v) is 6.54. The number of halogens is 1. The van der Waals surface area contributed by atoms with Crippen LogP contribution in [0.3, 0.4) is 0 Å². The molecule has 0 radical (unpaired) electrons. The van der Waals surface area contributed by atoms with Crippen molar-refractivity contribution in [3.63, 3.8) is 0 Å². The average Bonchev–Trinajstić information content (AvgIpc) is 3.46. The summed E-state index contributed by atoms with van der Waals surface area (Å²) in [5.74, 6) is -0.0110. The molecule has 3 heterocycles. The molecule has 36 heavy (non-hydrogen) atoms. The quantitative estimate of drug-likeness (QED) is 0.507. The van der Waals surface area contributed by atoms with E-state index in [2.05, 4.69) is 25.8 Å². The Morgan fingerprint density at radius 2 is 2.00 bits per heavy atom. The van der Waals surface area contributed by atoms with Crippen molar-refractivity contribution in [2.45, 2.75) is 39.3 Å². The van der Waals surface area contributed by atoms with Crippen LogP contribution in [0.2, 0.25) is 0 Å². The Hall–Kier alpha value is -3.74. The maximum absolute atomic E-state index is 13.3.